The van der Waals surface area contributed by atoms with Crippen LogP contribution in [0.3, 0.4) is 0 Å². The number of nitrogens with one attached hydrogen (secondary N) is 2. The summed E-state index contributed by atoms with van der Waals surface area (Å²) in [6, 6.07) is 0. The molecule has 0 aliphatic heterocycles. The fraction of sp³-hybridized carbons (Fsp3) is 0.111. The van der Waals surface area contributed by atoms with Gasteiger partial charge in [-0.25, -0.2) is 4.79 Å². The van der Waals surface area contributed by atoms with Gasteiger partial charge in [0.2, 0.25) is 0 Å². The van der Waals surface area contributed by atoms with Crippen LogP contribution >= 0.6 is 0 Å². The second-order valence-corrected chi connectivity index (χ2v) is 2.51. The predicted molar refractivity (Wildman–Crippen MR) is 51.5 cm³/mol. The van der Waals surface area contributed by atoms with E-state index in [1.807, 2.05) is 6.92 Å². The Morgan fingerprint density at radius 1 is 1.54 bits per heavy atom. The molecule has 0 aliphatic carbocycles. The predicted octanol–water partition coefficient (Wildman–Crippen LogP) is 0.652. The van der Waals surface area contributed by atoms with Crippen LogP contribution in [-0.4, -0.2) is 9.97 Å². The second kappa shape index (κ2) is 3.71. The van der Waals surface area contributed by atoms with Crippen LogP contribution in [0, 0.1) is 0 Å². The Morgan fingerprint density at radius 3 is 2.77 bits per heavy atom. The zero-order chi connectivity index (χ0) is 9.84. The van der Waals surface area contributed by atoms with Gasteiger partial charge in [0, 0.05) is 6.20 Å². The third-order valence-corrected chi connectivity index (χ3v) is 1.53. The third kappa shape index (κ3) is 2.05. The molecule has 0 aromatic carbocycles. The quantitative estimate of drug-likeness (QED) is 0.653. The van der Waals surface area contributed by atoms with Crippen molar-refractivity contribution in [1.29, 1.82) is 0 Å². The first-order chi connectivity index (χ1) is 6.15. The lowest BCUT2D eigenvalue weighted by Gasteiger charge is -1.96. The van der Waals surface area contributed by atoms with Crippen LogP contribution in [0.15, 0.2) is 34.5 Å². The van der Waals surface area contributed by atoms with Gasteiger partial charge in [0.1, 0.15) is 0 Å². The average Bonchev–Trinajstić information content (AvgIpc) is 2.04. The molecule has 2 N–H and O–H groups in total. The SMILES string of the molecule is C=C(/C=C\C)c1c[nH]c(=O)[nH]c1=O. The van der Waals surface area contributed by atoms with Crippen molar-refractivity contribution >= 4 is 5.57 Å². The largest absolute Gasteiger partial charge is 0.325 e. The number of allylic oxidation sites excluding steroid dienone is 3. The van der Waals surface area contributed by atoms with Crippen LogP contribution in [0.1, 0.15) is 12.5 Å². The zero-order valence-corrected chi connectivity index (χ0v) is 7.26. The highest BCUT2D eigenvalue weighted by molar-refractivity contribution is 5.70. The van der Waals surface area contributed by atoms with E-state index in [4.69, 9.17) is 0 Å². The van der Waals surface area contributed by atoms with E-state index in [2.05, 4.69) is 16.5 Å². The molecule has 68 valence electrons. The monoisotopic (exact) mass is 178 g/mol. The molecule has 1 aromatic rings. The molecule has 0 spiro atoms. The molecule has 0 atom stereocenters. The minimum absolute atomic E-state index is 0.373. The average molecular weight is 178 g/mol. The number of hydrogen-bond acceptors (Lipinski definition) is 2. The maximum absolute atomic E-state index is 11.2. The Kier molecular flexibility index (Phi) is 2.64. The molecule has 0 bridgehead atoms. The fourth-order valence-electron chi connectivity index (χ4n) is 0.939. The summed E-state index contributed by atoms with van der Waals surface area (Å²) in [5.74, 6) is 0. The van der Waals surface area contributed by atoms with Gasteiger partial charge < -0.3 is 4.98 Å². The number of aromatic amines is 2. The molecule has 4 heteroatoms. The molecule has 1 rings (SSSR count). The van der Waals surface area contributed by atoms with Gasteiger partial charge in [-0.3, -0.25) is 9.78 Å². The van der Waals surface area contributed by atoms with Crippen LogP contribution in [0.25, 0.3) is 5.57 Å². The maximum Gasteiger partial charge on any atom is 0.325 e. The topological polar surface area (TPSA) is 65.7 Å². The van der Waals surface area contributed by atoms with Gasteiger partial charge >= 0.3 is 5.69 Å². The highest BCUT2D eigenvalue weighted by atomic mass is 16.2. The molecule has 1 heterocycles. The van der Waals surface area contributed by atoms with E-state index in [0.29, 0.717) is 11.1 Å². The van der Waals surface area contributed by atoms with Crippen LogP contribution in [0.5, 0.6) is 0 Å². The van der Waals surface area contributed by atoms with Gasteiger partial charge in [-0.05, 0) is 12.5 Å². The van der Waals surface area contributed by atoms with Gasteiger partial charge in [-0.15, -0.1) is 0 Å². The van der Waals surface area contributed by atoms with Crippen molar-refractivity contribution in [2.75, 3.05) is 0 Å². The van der Waals surface area contributed by atoms with Gasteiger partial charge in [0.15, 0.2) is 0 Å². The molecule has 0 aliphatic rings. The number of H-pyrrole nitrogens is 2. The first-order valence-electron chi connectivity index (χ1n) is 3.79. The minimum atomic E-state index is -0.512. The summed E-state index contributed by atoms with van der Waals surface area (Å²) in [7, 11) is 0. The molecule has 0 amide bonds. The fourth-order valence-corrected chi connectivity index (χ4v) is 0.939. The Bertz CT molecular complexity index is 451. The van der Waals surface area contributed by atoms with Crippen molar-refractivity contribution in [1.82, 2.24) is 9.97 Å². The van der Waals surface area contributed by atoms with E-state index in [-0.39, 0.29) is 0 Å². The first-order valence-corrected chi connectivity index (χ1v) is 3.79. The number of hydrogen-bond donors (Lipinski definition) is 2. The molecule has 1 aromatic heterocycles. The maximum atomic E-state index is 11.2. The molecular formula is C9H10N2O2. The summed E-state index contributed by atoms with van der Waals surface area (Å²) in [6.45, 7) is 5.50. The van der Waals surface area contributed by atoms with Gasteiger partial charge in [0.25, 0.3) is 5.56 Å². The van der Waals surface area contributed by atoms with Crippen molar-refractivity contribution in [2.24, 2.45) is 0 Å². The van der Waals surface area contributed by atoms with E-state index in [9.17, 15) is 9.59 Å². The summed E-state index contributed by atoms with van der Waals surface area (Å²) < 4.78 is 0. The Labute approximate surface area is 74.6 Å². The van der Waals surface area contributed by atoms with E-state index in [1.165, 1.54) is 6.20 Å². The molecule has 13 heavy (non-hydrogen) atoms. The lowest BCUT2D eigenvalue weighted by molar-refractivity contribution is 1.03. The van der Waals surface area contributed by atoms with Crippen LogP contribution in [0.2, 0.25) is 0 Å². The highest BCUT2D eigenvalue weighted by Crippen LogP contribution is 2.05. The Balaban J connectivity index is 3.24. The Hall–Kier alpha value is -1.84. The summed E-state index contributed by atoms with van der Waals surface area (Å²) in [5, 5.41) is 0. The minimum Gasteiger partial charge on any atom is -0.313 e. The van der Waals surface area contributed by atoms with Gasteiger partial charge in [-0.2, -0.15) is 0 Å². The standard InChI is InChI=1S/C9H10N2O2/c1-3-4-6(2)7-5-10-9(13)11-8(7)12/h3-5H,2H2,1H3,(H2,10,11,12,13)/b4-3-. The lowest BCUT2D eigenvalue weighted by Crippen LogP contribution is -2.23. The second-order valence-electron chi connectivity index (χ2n) is 2.51. The molecular weight excluding hydrogens is 168 g/mol. The third-order valence-electron chi connectivity index (χ3n) is 1.53. The number of rotatable bonds is 2. The van der Waals surface area contributed by atoms with Crippen molar-refractivity contribution in [3.63, 3.8) is 0 Å². The number of aromatic nitrogens is 2. The molecule has 0 saturated carbocycles. The van der Waals surface area contributed by atoms with E-state index in [1.54, 1.807) is 12.2 Å². The van der Waals surface area contributed by atoms with Gasteiger partial charge in [-0.1, -0.05) is 18.7 Å². The van der Waals surface area contributed by atoms with Crippen molar-refractivity contribution in [3.05, 3.63) is 51.3 Å². The van der Waals surface area contributed by atoms with Crippen molar-refractivity contribution < 1.29 is 0 Å². The van der Waals surface area contributed by atoms with Crippen molar-refractivity contribution in [3.8, 4) is 0 Å². The van der Waals surface area contributed by atoms with Crippen LogP contribution < -0.4 is 11.2 Å². The smallest absolute Gasteiger partial charge is 0.313 e. The molecule has 0 saturated heterocycles. The summed E-state index contributed by atoms with van der Waals surface area (Å²) in [5.41, 5.74) is 0.00609. The normalized spacial score (nSPS) is 10.5. The molecule has 0 fully saturated rings. The summed E-state index contributed by atoms with van der Waals surface area (Å²) in [4.78, 5) is 26.3. The van der Waals surface area contributed by atoms with E-state index < -0.39 is 11.2 Å². The molecule has 0 unspecified atom stereocenters. The van der Waals surface area contributed by atoms with Gasteiger partial charge in [0.05, 0.1) is 5.56 Å². The van der Waals surface area contributed by atoms with Crippen LogP contribution in [0.4, 0.5) is 0 Å². The Morgan fingerprint density at radius 2 is 2.23 bits per heavy atom. The van der Waals surface area contributed by atoms with E-state index in [0.717, 1.165) is 0 Å². The van der Waals surface area contributed by atoms with Crippen molar-refractivity contribution in [2.45, 2.75) is 6.92 Å². The lowest BCUT2D eigenvalue weighted by atomic mass is 10.1. The van der Waals surface area contributed by atoms with Crippen LogP contribution in [-0.2, 0) is 0 Å². The molecule has 0 radical (unpaired) electrons. The molecule has 4 nitrogen and oxygen atoms in total. The highest BCUT2D eigenvalue weighted by Gasteiger charge is 2.00. The van der Waals surface area contributed by atoms with E-state index >= 15 is 0 Å². The summed E-state index contributed by atoms with van der Waals surface area (Å²) >= 11 is 0. The summed E-state index contributed by atoms with van der Waals surface area (Å²) in [6.07, 6.45) is 4.82. The zero-order valence-electron chi connectivity index (χ0n) is 7.26. The first kappa shape index (κ1) is 9.25.